The predicted octanol–water partition coefficient (Wildman–Crippen LogP) is 2.07. The molecule has 1 aliphatic carbocycles. The molecule has 0 atom stereocenters. The minimum absolute atomic E-state index is 0.416. The van der Waals surface area contributed by atoms with Crippen molar-refractivity contribution in [2.45, 2.75) is 58.2 Å². The van der Waals surface area contributed by atoms with Crippen LogP contribution in [-0.4, -0.2) is 28.7 Å². The van der Waals surface area contributed by atoms with Gasteiger partial charge in [-0.15, -0.1) is 0 Å². The molecule has 1 aromatic heterocycles. The van der Waals surface area contributed by atoms with Crippen molar-refractivity contribution in [3.8, 4) is 0 Å². The Morgan fingerprint density at radius 2 is 2.12 bits per heavy atom. The highest BCUT2D eigenvalue weighted by molar-refractivity contribution is 5.03. The third-order valence-electron chi connectivity index (χ3n) is 3.71. The van der Waals surface area contributed by atoms with Crippen LogP contribution in [0.2, 0.25) is 0 Å². The lowest BCUT2D eigenvalue weighted by molar-refractivity contribution is 0.146. The summed E-state index contributed by atoms with van der Waals surface area (Å²) in [5, 5.41) is 4.07. The summed E-state index contributed by atoms with van der Waals surface area (Å²) in [5.74, 6) is 0.890. The molecule has 1 aromatic rings. The number of aryl methyl sites for hydroxylation is 1. The molecular formula is C13H23N3O. The van der Waals surface area contributed by atoms with Crippen LogP contribution >= 0.6 is 0 Å². The molecule has 2 rings (SSSR count). The van der Waals surface area contributed by atoms with Crippen molar-refractivity contribution in [3.05, 3.63) is 17.5 Å². The van der Waals surface area contributed by atoms with Crippen molar-refractivity contribution in [3.63, 3.8) is 0 Å². The second-order valence-corrected chi connectivity index (χ2v) is 5.06. The van der Waals surface area contributed by atoms with Gasteiger partial charge in [-0.1, -0.05) is 12.1 Å². The zero-order chi connectivity index (χ0) is 12.3. The van der Waals surface area contributed by atoms with Crippen molar-refractivity contribution >= 4 is 0 Å². The average Bonchev–Trinajstić information content (AvgIpc) is 2.73. The number of aromatic nitrogens is 1. The van der Waals surface area contributed by atoms with E-state index in [4.69, 9.17) is 10.3 Å². The van der Waals surface area contributed by atoms with Gasteiger partial charge in [-0.05, 0) is 39.2 Å². The molecule has 0 saturated heterocycles. The van der Waals surface area contributed by atoms with Crippen LogP contribution in [-0.2, 0) is 6.54 Å². The van der Waals surface area contributed by atoms with E-state index >= 15 is 0 Å². The zero-order valence-electron chi connectivity index (χ0n) is 10.9. The van der Waals surface area contributed by atoms with Gasteiger partial charge in [0, 0.05) is 24.7 Å². The van der Waals surface area contributed by atoms with Gasteiger partial charge in [0.05, 0.1) is 5.69 Å². The largest absolute Gasteiger partial charge is 0.361 e. The van der Waals surface area contributed by atoms with Gasteiger partial charge >= 0.3 is 0 Å². The molecular weight excluding hydrogens is 214 g/mol. The summed E-state index contributed by atoms with van der Waals surface area (Å²) < 4.78 is 5.12. The van der Waals surface area contributed by atoms with E-state index in [2.05, 4.69) is 17.0 Å². The maximum Gasteiger partial charge on any atom is 0.133 e. The molecule has 0 aromatic carbocycles. The molecule has 1 aliphatic rings. The first-order chi connectivity index (χ1) is 8.19. The lowest BCUT2D eigenvalue weighted by Crippen LogP contribution is -2.40. The zero-order valence-corrected chi connectivity index (χ0v) is 10.9. The fourth-order valence-electron chi connectivity index (χ4n) is 2.67. The molecule has 0 bridgehead atoms. The maximum absolute atomic E-state index is 5.95. The van der Waals surface area contributed by atoms with E-state index in [1.807, 2.05) is 13.0 Å². The summed E-state index contributed by atoms with van der Waals surface area (Å²) >= 11 is 0. The first kappa shape index (κ1) is 12.6. The highest BCUT2D eigenvalue weighted by Gasteiger charge is 2.23. The Bertz CT molecular complexity index is 342. The fourth-order valence-corrected chi connectivity index (χ4v) is 2.67. The van der Waals surface area contributed by atoms with Crippen LogP contribution in [0.5, 0.6) is 0 Å². The number of nitrogens with two attached hydrogens (primary N) is 1. The molecule has 1 fully saturated rings. The van der Waals surface area contributed by atoms with E-state index < -0.39 is 0 Å². The van der Waals surface area contributed by atoms with Crippen LogP contribution in [0.3, 0.4) is 0 Å². The average molecular weight is 237 g/mol. The number of hydrogen-bond donors (Lipinski definition) is 1. The van der Waals surface area contributed by atoms with Crippen LogP contribution in [0.4, 0.5) is 0 Å². The van der Waals surface area contributed by atoms with E-state index in [1.54, 1.807) is 0 Å². The molecule has 4 heteroatoms. The van der Waals surface area contributed by atoms with Gasteiger partial charge in [-0.3, -0.25) is 4.90 Å². The quantitative estimate of drug-likeness (QED) is 0.871. The highest BCUT2D eigenvalue weighted by atomic mass is 16.5. The molecule has 4 nitrogen and oxygen atoms in total. The minimum atomic E-state index is 0.416. The second-order valence-electron chi connectivity index (χ2n) is 5.06. The summed E-state index contributed by atoms with van der Waals surface area (Å²) in [5.41, 5.74) is 6.99. The number of nitrogens with zero attached hydrogens (tertiary/aromatic N) is 2. The Kier molecular flexibility index (Phi) is 4.18. The topological polar surface area (TPSA) is 55.3 Å². The lowest BCUT2D eigenvalue weighted by atomic mass is 9.90. The Morgan fingerprint density at radius 1 is 1.41 bits per heavy atom. The molecule has 1 heterocycles. The van der Waals surface area contributed by atoms with Crippen molar-refractivity contribution in [1.82, 2.24) is 10.1 Å². The molecule has 0 unspecified atom stereocenters. The van der Waals surface area contributed by atoms with Gasteiger partial charge in [-0.25, -0.2) is 0 Å². The van der Waals surface area contributed by atoms with E-state index in [0.717, 1.165) is 37.4 Å². The molecule has 0 radical (unpaired) electrons. The Hall–Kier alpha value is -0.870. The smallest absolute Gasteiger partial charge is 0.133 e. The second kappa shape index (κ2) is 5.65. The van der Waals surface area contributed by atoms with Gasteiger partial charge in [-0.2, -0.15) is 0 Å². The van der Waals surface area contributed by atoms with Gasteiger partial charge in [0.1, 0.15) is 5.76 Å². The molecule has 0 aliphatic heterocycles. The third-order valence-corrected chi connectivity index (χ3v) is 3.71. The molecule has 2 N–H and O–H groups in total. The van der Waals surface area contributed by atoms with Gasteiger partial charge in [0.25, 0.3) is 0 Å². The highest BCUT2D eigenvalue weighted by Crippen LogP contribution is 2.23. The minimum Gasteiger partial charge on any atom is -0.361 e. The Labute approximate surface area is 103 Å². The predicted molar refractivity (Wildman–Crippen MR) is 67.6 cm³/mol. The lowest BCUT2D eigenvalue weighted by Gasteiger charge is -2.34. The van der Waals surface area contributed by atoms with Gasteiger partial charge in [0.15, 0.2) is 0 Å². The van der Waals surface area contributed by atoms with Crippen molar-refractivity contribution in [1.29, 1.82) is 0 Å². The van der Waals surface area contributed by atoms with Crippen molar-refractivity contribution in [2.24, 2.45) is 5.73 Å². The standard InChI is InChI=1S/C13H23N3O/c1-3-16(9-12-8-10(2)17-15-12)13-6-4-11(14)5-7-13/h8,11,13H,3-7,9,14H2,1-2H3. The van der Waals surface area contributed by atoms with Gasteiger partial charge < -0.3 is 10.3 Å². The fraction of sp³-hybridized carbons (Fsp3) is 0.769. The third kappa shape index (κ3) is 3.30. The summed E-state index contributed by atoms with van der Waals surface area (Å²) in [6.45, 7) is 6.10. The monoisotopic (exact) mass is 237 g/mol. The Balaban J connectivity index is 1.92. The number of hydrogen-bond acceptors (Lipinski definition) is 4. The van der Waals surface area contributed by atoms with Crippen LogP contribution in [0.15, 0.2) is 10.6 Å². The first-order valence-corrected chi connectivity index (χ1v) is 6.61. The first-order valence-electron chi connectivity index (χ1n) is 6.61. The van der Waals surface area contributed by atoms with E-state index in [9.17, 15) is 0 Å². The van der Waals surface area contributed by atoms with E-state index in [1.165, 1.54) is 12.8 Å². The molecule has 0 amide bonds. The normalized spacial score (nSPS) is 25.4. The molecule has 17 heavy (non-hydrogen) atoms. The van der Waals surface area contributed by atoms with Crippen LogP contribution in [0.25, 0.3) is 0 Å². The summed E-state index contributed by atoms with van der Waals surface area (Å²) in [4.78, 5) is 2.49. The van der Waals surface area contributed by atoms with Crippen LogP contribution in [0, 0.1) is 6.92 Å². The molecule has 96 valence electrons. The molecule has 1 saturated carbocycles. The van der Waals surface area contributed by atoms with Crippen molar-refractivity contribution in [2.75, 3.05) is 6.54 Å². The van der Waals surface area contributed by atoms with Gasteiger partial charge in [0.2, 0.25) is 0 Å². The summed E-state index contributed by atoms with van der Waals surface area (Å²) in [7, 11) is 0. The van der Waals surface area contributed by atoms with E-state index in [0.29, 0.717) is 12.1 Å². The molecule has 0 spiro atoms. The number of rotatable bonds is 4. The van der Waals surface area contributed by atoms with E-state index in [-0.39, 0.29) is 0 Å². The van der Waals surface area contributed by atoms with Crippen LogP contribution < -0.4 is 5.73 Å². The SMILES string of the molecule is CCN(Cc1cc(C)on1)C1CCC(N)CC1. The summed E-state index contributed by atoms with van der Waals surface area (Å²) in [6.07, 6.45) is 4.73. The maximum atomic E-state index is 5.95. The van der Waals surface area contributed by atoms with Crippen molar-refractivity contribution < 1.29 is 4.52 Å². The Morgan fingerprint density at radius 3 is 2.65 bits per heavy atom. The van der Waals surface area contributed by atoms with Crippen LogP contribution in [0.1, 0.15) is 44.1 Å². The summed E-state index contributed by atoms with van der Waals surface area (Å²) in [6, 6.07) is 3.10.